The summed E-state index contributed by atoms with van der Waals surface area (Å²) in [6.45, 7) is 7.02. The van der Waals surface area contributed by atoms with Gasteiger partial charge in [0.25, 0.3) is 5.91 Å². The summed E-state index contributed by atoms with van der Waals surface area (Å²) in [5, 5.41) is 9.51. The maximum absolute atomic E-state index is 12.2. The van der Waals surface area contributed by atoms with Crippen LogP contribution in [0.3, 0.4) is 0 Å². The number of benzene rings is 1. The third kappa shape index (κ3) is 4.38. The maximum atomic E-state index is 12.2. The maximum Gasteiger partial charge on any atom is 0.338 e. The molecule has 1 atom stereocenters. The number of nitrogens with zero attached hydrogens (tertiary/aromatic N) is 2. The molecule has 0 saturated carbocycles. The first-order valence-corrected chi connectivity index (χ1v) is 7.37. The van der Waals surface area contributed by atoms with Crippen LogP contribution in [-0.4, -0.2) is 39.2 Å². The molecular formula is C16H20N4O3. The van der Waals surface area contributed by atoms with Crippen molar-refractivity contribution in [2.75, 3.05) is 0 Å². The van der Waals surface area contributed by atoms with E-state index >= 15 is 0 Å². The second kappa shape index (κ2) is 7.04. The Bertz CT molecular complexity index is 709. The second-order valence-corrected chi connectivity index (χ2v) is 5.54. The number of rotatable bonds is 5. The van der Waals surface area contributed by atoms with E-state index in [0.717, 1.165) is 0 Å². The minimum atomic E-state index is -0.862. The summed E-state index contributed by atoms with van der Waals surface area (Å²) in [5.41, 5.74) is 1.04. The lowest BCUT2D eigenvalue weighted by molar-refractivity contribution is -0.129. The number of hydrogen-bond donors (Lipinski definition) is 2. The van der Waals surface area contributed by atoms with E-state index in [2.05, 4.69) is 20.5 Å². The van der Waals surface area contributed by atoms with Crippen molar-refractivity contribution in [3.63, 3.8) is 0 Å². The first-order chi connectivity index (χ1) is 10.9. The lowest BCUT2D eigenvalue weighted by Crippen LogP contribution is -2.39. The van der Waals surface area contributed by atoms with Gasteiger partial charge in [0.05, 0.1) is 5.56 Å². The van der Waals surface area contributed by atoms with Crippen LogP contribution in [0.25, 0.3) is 11.4 Å². The van der Waals surface area contributed by atoms with Crippen LogP contribution in [0.2, 0.25) is 0 Å². The SMILES string of the molecule is Cc1nc(-c2cccc(C(=O)OC(C)C(=O)NC(C)C)c2)n[nH]1. The van der Waals surface area contributed by atoms with Gasteiger partial charge in [0.1, 0.15) is 5.82 Å². The van der Waals surface area contributed by atoms with E-state index < -0.39 is 12.1 Å². The van der Waals surface area contributed by atoms with Crippen molar-refractivity contribution in [2.45, 2.75) is 39.8 Å². The monoisotopic (exact) mass is 316 g/mol. The highest BCUT2D eigenvalue weighted by Gasteiger charge is 2.19. The van der Waals surface area contributed by atoms with Crippen LogP contribution >= 0.6 is 0 Å². The van der Waals surface area contributed by atoms with Crippen molar-refractivity contribution in [3.8, 4) is 11.4 Å². The van der Waals surface area contributed by atoms with Gasteiger partial charge in [0, 0.05) is 11.6 Å². The molecular weight excluding hydrogens is 296 g/mol. The van der Waals surface area contributed by atoms with Crippen molar-refractivity contribution < 1.29 is 14.3 Å². The molecule has 7 nitrogen and oxygen atoms in total. The topological polar surface area (TPSA) is 97.0 Å². The zero-order valence-corrected chi connectivity index (χ0v) is 13.6. The largest absolute Gasteiger partial charge is 0.449 e. The first kappa shape index (κ1) is 16.7. The molecule has 0 spiro atoms. The molecule has 0 bridgehead atoms. The Kier molecular flexibility index (Phi) is 5.10. The molecule has 0 aliphatic carbocycles. The molecule has 0 aliphatic rings. The summed E-state index contributed by atoms with van der Waals surface area (Å²) in [4.78, 5) is 28.2. The highest BCUT2D eigenvalue weighted by Crippen LogP contribution is 2.17. The molecule has 0 radical (unpaired) electrons. The number of H-pyrrole nitrogens is 1. The molecule has 1 aromatic heterocycles. The Hall–Kier alpha value is -2.70. The Balaban J connectivity index is 2.09. The van der Waals surface area contributed by atoms with Crippen LogP contribution in [0.1, 0.15) is 37.0 Å². The predicted molar refractivity (Wildman–Crippen MR) is 84.7 cm³/mol. The molecule has 1 heterocycles. The Labute approximate surface area is 134 Å². The molecule has 0 saturated heterocycles. The van der Waals surface area contributed by atoms with E-state index in [1.165, 1.54) is 6.92 Å². The van der Waals surface area contributed by atoms with Crippen LogP contribution in [0.5, 0.6) is 0 Å². The lowest BCUT2D eigenvalue weighted by atomic mass is 10.1. The summed E-state index contributed by atoms with van der Waals surface area (Å²) in [5.74, 6) is 0.300. The van der Waals surface area contributed by atoms with Gasteiger partial charge in [-0.1, -0.05) is 12.1 Å². The first-order valence-electron chi connectivity index (χ1n) is 7.37. The minimum absolute atomic E-state index is 0.0130. The molecule has 2 N–H and O–H groups in total. The fourth-order valence-corrected chi connectivity index (χ4v) is 1.94. The van der Waals surface area contributed by atoms with Gasteiger partial charge < -0.3 is 10.1 Å². The van der Waals surface area contributed by atoms with Crippen LogP contribution in [0.15, 0.2) is 24.3 Å². The van der Waals surface area contributed by atoms with E-state index in [1.807, 2.05) is 13.8 Å². The normalized spacial score (nSPS) is 12.0. The number of carbonyl (C=O) groups excluding carboxylic acids is 2. The number of ether oxygens (including phenoxy) is 1. The van der Waals surface area contributed by atoms with Crippen molar-refractivity contribution in [3.05, 3.63) is 35.7 Å². The highest BCUT2D eigenvalue weighted by molar-refractivity contribution is 5.93. The molecule has 1 amide bonds. The molecule has 7 heteroatoms. The zero-order chi connectivity index (χ0) is 17.0. The Morgan fingerprint density at radius 3 is 2.61 bits per heavy atom. The third-order valence-corrected chi connectivity index (χ3v) is 3.04. The summed E-state index contributed by atoms with van der Waals surface area (Å²) in [6, 6.07) is 6.77. The molecule has 0 fully saturated rings. The fraction of sp³-hybridized carbons (Fsp3) is 0.375. The number of aromatic nitrogens is 3. The van der Waals surface area contributed by atoms with Gasteiger partial charge in [-0.15, -0.1) is 0 Å². The average molecular weight is 316 g/mol. The number of carbonyl (C=O) groups is 2. The third-order valence-electron chi connectivity index (χ3n) is 3.04. The van der Waals surface area contributed by atoms with Gasteiger partial charge in [0.15, 0.2) is 11.9 Å². The molecule has 0 aliphatic heterocycles. The van der Waals surface area contributed by atoms with Crippen LogP contribution < -0.4 is 5.32 Å². The number of aromatic amines is 1. The fourth-order valence-electron chi connectivity index (χ4n) is 1.94. The Morgan fingerprint density at radius 1 is 1.26 bits per heavy atom. The highest BCUT2D eigenvalue weighted by atomic mass is 16.5. The van der Waals surface area contributed by atoms with E-state index in [-0.39, 0.29) is 11.9 Å². The van der Waals surface area contributed by atoms with Crippen molar-refractivity contribution in [1.82, 2.24) is 20.5 Å². The van der Waals surface area contributed by atoms with Crippen molar-refractivity contribution in [1.29, 1.82) is 0 Å². The minimum Gasteiger partial charge on any atom is -0.449 e. The molecule has 2 aromatic rings. The van der Waals surface area contributed by atoms with E-state index in [4.69, 9.17) is 4.74 Å². The van der Waals surface area contributed by atoms with Gasteiger partial charge in [0.2, 0.25) is 0 Å². The Morgan fingerprint density at radius 2 is 2.00 bits per heavy atom. The van der Waals surface area contributed by atoms with Gasteiger partial charge in [-0.25, -0.2) is 9.78 Å². The standard InChI is InChI=1S/C16H20N4O3/c1-9(2)17-15(21)10(3)23-16(22)13-7-5-6-12(8-13)14-18-11(4)19-20-14/h5-10H,1-4H3,(H,17,21)(H,18,19,20). The van der Waals surface area contributed by atoms with E-state index in [0.29, 0.717) is 22.8 Å². The van der Waals surface area contributed by atoms with Gasteiger partial charge in [-0.05, 0) is 39.8 Å². The summed E-state index contributed by atoms with van der Waals surface area (Å²) in [6.07, 6.45) is -0.862. The van der Waals surface area contributed by atoms with E-state index in [9.17, 15) is 9.59 Å². The molecule has 1 unspecified atom stereocenters. The van der Waals surface area contributed by atoms with Gasteiger partial charge >= 0.3 is 5.97 Å². The van der Waals surface area contributed by atoms with Crippen LogP contribution in [0.4, 0.5) is 0 Å². The van der Waals surface area contributed by atoms with Crippen molar-refractivity contribution in [2.24, 2.45) is 0 Å². The lowest BCUT2D eigenvalue weighted by Gasteiger charge is -2.15. The number of hydrogen-bond acceptors (Lipinski definition) is 5. The second-order valence-electron chi connectivity index (χ2n) is 5.54. The summed E-state index contributed by atoms with van der Waals surface area (Å²) < 4.78 is 5.20. The number of esters is 1. The van der Waals surface area contributed by atoms with Crippen molar-refractivity contribution >= 4 is 11.9 Å². The number of aryl methyl sites for hydroxylation is 1. The average Bonchev–Trinajstić information content (AvgIpc) is 2.93. The molecule has 1 aromatic carbocycles. The van der Waals surface area contributed by atoms with Crippen LogP contribution in [0, 0.1) is 6.92 Å². The quantitative estimate of drug-likeness (QED) is 0.821. The smallest absolute Gasteiger partial charge is 0.338 e. The summed E-state index contributed by atoms with van der Waals surface area (Å²) in [7, 11) is 0. The summed E-state index contributed by atoms with van der Waals surface area (Å²) >= 11 is 0. The predicted octanol–water partition coefficient (Wildman–Crippen LogP) is 1.85. The number of amides is 1. The zero-order valence-electron chi connectivity index (χ0n) is 13.6. The number of nitrogens with one attached hydrogen (secondary N) is 2. The molecule has 2 rings (SSSR count). The van der Waals surface area contributed by atoms with Crippen LogP contribution in [-0.2, 0) is 9.53 Å². The van der Waals surface area contributed by atoms with Gasteiger partial charge in [-0.2, -0.15) is 5.10 Å². The molecule has 122 valence electrons. The molecule has 23 heavy (non-hydrogen) atoms. The van der Waals surface area contributed by atoms with Gasteiger partial charge in [-0.3, -0.25) is 9.89 Å². The van der Waals surface area contributed by atoms with E-state index in [1.54, 1.807) is 31.2 Å².